The zero-order valence-electron chi connectivity index (χ0n) is 13.1. The molecule has 0 radical (unpaired) electrons. The van der Waals surface area contributed by atoms with Gasteiger partial charge >= 0.3 is 0 Å². The van der Waals surface area contributed by atoms with E-state index in [0.717, 1.165) is 12.1 Å². The SMILES string of the molecule is NS(=O)(=O)CC1CC(=O)N(c2ccc3c(c2)Cc2ccccc2-3)C1. The number of sulfonamides is 1. The van der Waals surface area contributed by atoms with Crippen LogP contribution in [0.2, 0.25) is 0 Å². The second-order valence-electron chi connectivity index (χ2n) is 6.58. The van der Waals surface area contributed by atoms with Crippen LogP contribution in [0.1, 0.15) is 17.5 Å². The number of primary sulfonamides is 1. The Morgan fingerprint density at radius 2 is 1.83 bits per heavy atom. The van der Waals surface area contributed by atoms with Crippen molar-refractivity contribution >= 4 is 21.6 Å². The minimum Gasteiger partial charge on any atom is -0.312 e. The van der Waals surface area contributed by atoms with Crippen molar-refractivity contribution in [2.45, 2.75) is 12.8 Å². The van der Waals surface area contributed by atoms with Crippen LogP contribution in [0.15, 0.2) is 42.5 Å². The highest BCUT2D eigenvalue weighted by atomic mass is 32.2. The average Bonchev–Trinajstić information content (AvgIpc) is 3.05. The third-order valence-corrected chi connectivity index (χ3v) is 5.70. The number of nitrogens with zero attached hydrogens (tertiary/aromatic N) is 1. The van der Waals surface area contributed by atoms with E-state index in [1.807, 2.05) is 24.3 Å². The molecular weight excluding hydrogens is 324 g/mol. The van der Waals surface area contributed by atoms with Crippen LogP contribution in [0.4, 0.5) is 5.69 Å². The molecular formula is C18H18N2O3S. The topological polar surface area (TPSA) is 80.5 Å². The average molecular weight is 342 g/mol. The lowest BCUT2D eigenvalue weighted by Crippen LogP contribution is -2.27. The summed E-state index contributed by atoms with van der Waals surface area (Å²) in [5.41, 5.74) is 5.80. The van der Waals surface area contributed by atoms with E-state index < -0.39 is 10.0 Å². The maximum Gasteiger partial charge on any atom is 0.227 e. The number of fused-ring (bicyclic) bond motifs is 3. The van der Waals surface area contributed by atoms with Gasteiger partial charge in [-0.2, -0.15) is 0 Å². The largest absolute Gasteiger partial charge is 0.312 e. The van der Waals surface area contributed by atoms with Crippen LogP contribution >= 0.6 is 0 Å². The first-order valence-electron chi connectivity index (χ1n) is 7.93. The molecule has 1 saturated heterocycles. The van der Waals surface area contributed by atoms with Crippen molar-refractivity contribution in [2.75, 3.05) is 17.2 Å². The first kappa shape index (κ1) is 15.4. The number of hydrogen-bond donors (Lipinski definition) is 1. The van der Waals surface area contributed by atoms with Crippen LogP contribution < -0.4 is 10.0 Å². The molecule has 4 rings (SSSR count). The fraction of sp³-hybridized carbons (Fsp3) is 0.278. The highest BCUT2D eigenvalue weighted by molar-refractivity contribution is 7.89. The fourth-order valence-corrected chi connectivity index (χ4v) is 4.65. The van der Waals surface area contributed by atoms with E-state index in [1.54, 1.807) is 4.90 Å². The van der Waals surface area contributed by atoms with E-state index in [2.05, 4.69) is 18.2 Å². The van der Waals surface area contributed by atoms with E-state index in [9.17, 15) is 13.2 Å². The van der Waals surface area contributed by atoms with Gasteiger partial charge in [0.2, 0.25) is 15.9 Å². The van der Waals surface area contributed by atoms with Crippen molar-refractivity contribution in [3.05, 3.63) is 53.6 Å². The lowest BCUT2D eigenvalue weighted by molar-refractivity contribution is -0.117. The maximum atomic E-state index is 12.3. The Morgan fingerprint density at radius 1 is 1.08 bits per heavy atom. The number of carbonyl (C=O) groups excluding carboxylic acids is 1. The van der Waals surface area contributed by atoms with Crippen molar-refractivity contribution in [1.29, 1.82) is 0 Å². The summed E-state index contributed by atoms with van der Waals surface area (Å²) in [5, 5.41) is 5.11. The second-order valence-corrected chi connectivity index (χ2v) is 8.24. The highest BCUT2D eigenvalue weighted by Gasteiger charge is 2.33. The van der Waals surface area contributed by atoms with E-state index >= 15 is 0 Å². The predicted octanol–water partition coefficient (Wildman–Crippen LogP) is 1.90. The number of hydrogen-bond acceptors (Lipinski definition) is 3. The summed E-state index contributed by atoms with van der Waals surface area (Å²) in [5.74, 6) is -0.428. The summed E-state index contributed by atoms with van der Waals surface area (Å²) in [6.07, 6.45) is 1.09. The molecule has 1 amide bonds. The molecule has 2 aromatic carbocycles. The molecule has 5 nitrogen and oxygen atoms in total. The monoisotopic (exact) mass is 342 g/mol. The van der Waals surface area contributed by atoms with Gasteiger partial charge in [0.15, 0.2) is 0 Å². The van der Waals surface area contributed by atoms with Crippen molar-refractivity contribution in [2.24, 2.45) is 11.1 Å². The van der Waals surface area contributed by atoms with Gasteiger partial charge in [-0.25, -0.2) is 13.6 Å². The van der Waals surface area contributed by atoms with Crippen LogP contribution in [0.5, 0.6) is 0 Å². The smallest absolute Gasteiger partial charge is 0.227 e. The number of carbonyl (C=O) groups is 1. The van der Waals surface area contributed by atoms with Gasteiger partial charge in [0.25, 0.3) is 0 Å². The Balaban J connectivity index is 1.61. The highest BCUT2D eigenvalue weighted by Crippen LogP contribution is 2.39. The van der Waals surface area contributed by atoms with Gasteiger partial charge in [-0.3, -0.25) is 4.79 Å². The normalized spacial score (nSPS) is 19.5. The molecule has 0 bridgehead atoms. The molecule has 1 atom stereocenters. The molecule has 24 heavy (non-hydrogen) atoms. The van der Waals surface area contributed by atoms with Crippen molar-refractivity contribution in [1.82, 2.24) is 0 Å². The zero-order valence-corrected chi connectivity index (χ0v) is 13.9. The molecule has 1 unspecified atom stereocenters. The number of nitrogens with two attached hydrogens (primary N) is 1. The Hall–Kier alpha value is -2.18. The summed E-state index contributed by atoms with van der Waals surface area (Å²) >= 11 is 0. The Bertz CT molecular complexity index is 937. The Labute approximate surface area is 141 Å². The molecule has 1 heterocycles. The van der Waals surface area contributed by atoms with E-state index in [-0.39, 0.29) is 24.0 Å². The van der Waals surface area contributed by atoms with Crippen molar-refractivity contribution in [3.63, 3.8) is 0 Å². The fourth-order valence-electron chi connectivity index (χ4n) is 3.77. The molecule has 1 aliphatic heterocycles. The van der Waals surface area contributed by atoms with Crippen molar-refractivity contribution < 1.29 is 13.2 Å². The predicted molar refractivity (Wildman–Crippen MR) is 93.1 cm³/mol. The van der Waals surface area contributed by atoms with Gasteiger partial charge in [-0.15, -0.1) is 0 Å². The lowest BCUT2D eigenvalue weighted by Gasteiger charge is -2.18. The molecule has 6 heteroatoms. The summed E-state index contributed by atoms with van der Waals surface area (Å²) in [6, 6.07) is 14.3. The molecule has 0 spiro atoms. The van der Waals surface area contributed by atoms with Gasteiger partial charge in [-0.05, 0) is 40.8 Å². The molecule has 1 fully saturated rings. The van der Waals surface area contributed by atoms with Crippen LogP contribution in [0.25, 0.3) is 11.1 Å². The number of rotatable bonds is 3. The first-order valence-corrected chi connectivity index (χ1v) is 9.64. The second kappa shape index (κ2) is 5.43. The quantitative estimate of drug-likeness (QED) is 0.789. The summed E-state index contributed by atoms with van der Waals surface area (Å²) in [4.78, 5) is 14.0. The molecule has 1 aliphatic carbocycles. The standard InChI is InChI=1S/C18H18N2O3S/c19-24(22,23)11-12-7-18(21)20(10-12)15-5-6-17-14(9-15)8-13-3-1-2-4-16(13)17/h1-6,9,12H,7-8,10-11H2,(H2,19,22,23). The first-order chi connectivity index (χ1) is 11.4. The molecule has 2 aromatic rings. The Morgan fingerprint density at radius 3 is 2.62 bits per heavy atom. The van der Waals surface area contributed by atoms with Crippen LogP contribution in [-0.4, -0.2) is 26.6 Å². The van der Waals surface area contributed by atoms with Gasteiger partial charge < -0.3 is 4.90 Å². The van der Waals surface area contributed by atoms with E-state index in [4.69, 9.17) is 5.14 Å². The molecule has 0 saturated carbocycles. The summed E-state index contributed by atoms with van der Waals surface area (Å²) in [6.45, 7) is 0.404. The summed E-state index contributed by atoms with van der Waals surface area (Å²) < 4.78 is 22.5. The van der Waals surface area contributed by atoms with Gasteiger partial charge in [0, 0.05) is 24.6 Å². The number of amides is 1. The summed E-state index contributed by atoms with van der Waals surface area (Å²) in [7, 11) is -3.56. The minimum absolute atomic E-state index is 0.0425. The number of benzene rings is 2. The van der Waals surface area contributed by atoms with Crippen LogP contribution in [0.3, 0.4) is 0 Å². The molecule has 0 aromatic heterocycles. The van der Waals surface area contributed by atoms with Gasteiger partial charge in [0.1, 0.15) is 0 Å². The van der Waals surface area contributed by atoms with E-state index in [0.29, 0.717) is 6.54 Å². The maximum absolute atomic E-state index is 12.3. The van der Waals surface area contributed by atoms with Crippen LogP contribution in [-0.2, 0) is 21.2 Å². The van der Waals surface area contributed by atoms with E-state index in [1.165, 1.54) is 22.3 Å². The lowest BCUT2D eigenvalue weighted by atomic mass is 10.1. The zero-order chi connectivity index (χ0) is 16.9. The van der Waals surface area contributed by atoms with Gasteiger partial charge in [-0.1, -0.05) is 30.3 Å². The van der Waals surface area contributed by atoms with Gasteiger partial charge in [0.05, 0.1) is 5.75 Å². The third-order valence-electron chi connectivity index (χ3n) is 4.76. The molecule has 2 aliphatic rings. The third kappa shape index (κ3) is 2.72. The number of anilines is 1. The molecule has 2 N–H and O–H groups in total. The molecule has 124 valence electrons. The Kier molecular flexibility index (Phi) is 3.47. The van der Waals surface area contributed by atoms with Crippen molar-refractivity contribution in [3.8, 4) is 11.1 Å². The van der Waals surface area contributed by atoms with Crippen LogP contribution in [0, 0.1) is 5.92 Å². The minimum atomic E-state index is -3.56.